The van der Waals surface area contributed by atoms with E-state index in [0.717, 1.165) is 23.6 Å². The van der Waals surface area contributed by atoms with Gasteiger partial charge in [0.25, 0.3) is 0 Å². The third-order valence-corrected chi connectivity index (χ3v) is 6.11. The summed E-state index contributed by atoms with van der Waals surface area (Å²) in [5.41, 5.74) is -0.580. The zero-order valence-corrected chi connectivity index (χ0v) is 17.8. The van der Waals surface area contributed by atoms with Crippen LogP contribution in [0.3, 0.4) is 0 Å². The van der Waals surface area contributed by atoms with Gasteiger partial charge in [-0.1, -0.05) is 42.5 Å². The third kappa shape index (κ3) is 3.94. The first kappa shape index (κ1) is 21.1. The Kier molecular flexibility index (Phi) is 5.81. The summed E-state index contributed by atoms with van der Waals surface area (Å²) in [6.45, 7) is 0.381. The summed E-state index contributed by atoms with van der Waals surface area (Å²) in [4.78, 5) is 36.8. The van der Waals surface area contributed by atoms with Crippen molar-refractivity contribution in [2.45, 2.75) is 25.7 Å². The fourth-order valence-electron chi connectivity index (χ4n) is 4.08. The number of hydrogen-bond donors (Lipinski definition) is 0. The van der Waals surface area contributed by atoms with Gasteiger partial charge in [0.05, 0.1) is 26.4 Å². The molecule has 2 aromatic carbocycles. The number of fused-ring (bicyclic) bond motifs is 1. The number of rotatable bonds is 9. The quantitative estimate of drug-likeness (QED) is 0.199. The summed E-state index contributed by atoms with van der Waals surface area (Å²) in [7, 11) is 2.54. The van der Waals surface area contributed by atoms with E-state index in [1.807, 2.05) is 48.6 Å². The lowest BCUT2D eigenvalue weighted by Gasteiger charge is -2.13. The van der Waals surface area contributed by atoms with Crippen LogP contribution >= 0.6 is 0 Å². The molecule has 0 heterocycles. The monoisotopic (exact) mass is 422 g/mol. The van der Waals surface area contributed by atoms with Gasteiger partial charge in [-0.25, -0.2) is 0 Å². The smallest absolute Gasteiger partial charge is 0.323 e. The summed E-state index contributed by atoms with van der Waals surface area (Å²) >= 11 is 0. The topological polar surface area (TPSA) is 78.9 Å². The van der Waals surface area contributed by atoms with Gasteiger partial charge < -0.3 is 14.2 Å². The van der Waals surface area contributed by atoms with Crippen LogP contribution in [-0.4, -0.2) is 38.5 Å². The Labute approximate surface area is 181 Å². The summed E-state index contributed by atoms with van der Waals surface area (Å²) in [5.74, 6) is -0.475. The summed E-state index contributed by atoms with van der Waals surface area (Å²) in [6.07, 6.45) is 6.58. The average molecular weight is 422 g/mol. The van der Waals surface area contributed by atoms with Crippen molar-refractivity contribution in [1.82, 2.24) is 0 Å². The van der Waals surface area contributed by atoms with Crippen molar-refractivity contribution in [3.05, 3.63) is 54.1 Å². The van der Waals surface area contributed by atoms with Crippen LogP contribution in [0.5, 0.6) is 5.75 Å². The highest BCUT2D eigenvalue weighted by Gasteiger charge is 2.66. The molecule has 6 nitrogen and oxygen atoms in total. The first-order valence-electron chi connectivity index (χ1n) is 10.5. The van der Waals surface area contributed by atoms with Gasteiger partial charge in [-0.3, -0.25) is 14.4 Å². The average Bonchev–Trinajstić information content (AvgIpc) is 3.72. The Hall–Kier alpha value is -3.15. The maximum absolute atomic E-state index is 12.7. The number of benzene rings is 2. The molecular formula is C25H26O6. The van der Waals surface area contributed by atoms with Crippen LogP contribution in [0.2, 0.25) is 0 Å². The normalized spacial score (nSPS) is 19.2. The van der Waals surface area contributed by atoms with Crippen molar-refractivity contribution in [3.8, 4) is 5.75 Å². The molecule has 6 heteroatoms. The lowest BCUT2D eigenvalue weighted by atomic mass is 10.0. The van der Waals surface area contributed by atoms with Crippen molar-refractivity contribution in [1.29, 1.82) is 0 Å². The van der Waals surface area contributed by atoms with Crippen molar-refractivity contribution in [2.75, 3.05) is 20.8 Å². The molecule has 0 radical (unpaired) electrons. The van der Waals surface area contributed by atoms with E-state index in [1.165, 1.54) is 14.2 Å². The largest absolute Gasteiger partial charge is 0.492 e. The van der Waals surface area contributed by atoms with Crippen molar-refractivity contribution < 1.29 is 28.6 Å². The third-order valence-electron chi connectivity index (χ3n) is 6.11. The Bertz CT molecular complexity index is 1030. The molecule has 2 aliphatic rings. The first-order chi connectivity index (χ1) is 15.0. The molecule has 2 aromatic rings. The van der Waals surface area contributed by atoms with E-state index < -0.39 is 17.4 Å². The minimum absolute atomic E-state index is 0.114. The molecule has 0 spiro atoms. The molecule has 2 saturated carbocycles. The van der Waals surface area contributed by atoms with Crippen LogP contribution in [0.25, 0.3) is 10.8 Å². The molecule has 0 aromatic heterocycles. The van der Waals surface area contributed by atoms with E-state index >= 15 is 0 Å². The zero-order valence-electron chi connectivity index (χ0n) is 17.8. The predicted octanol–water partition coefficient (Wildman–Crippen LogP) is 4.11. The van der Waals surface area contributed by atoms with Crippen LogP contribution in [0.4, 0.5) is 0 Å². The number of ether oxygens (including phenoxy) is 3. The summed E-state index contributed by atoms with van der Waals surface area (Å²) in [5, 5.41) is 1.95. The van der Waals surface area contributed by atoms with Gasteiger partial charge in [0.2, 0.25) is 0 Å². The minimum atomic E-state index is -1.22. The molecule has 4 rings (SSSR count). The first-order valence-corrected chi connectivity index (χ1v) is 10.5. The molecule has 0 amide bonds. The van der Waals surface area contributed by atoms with Gasteiger partial charge in [0.1, 0.15) is 5.75 Å². The van der Waals surface area contributed by atoms with E-state index in [1.54, 1.807) is 0 Å². The second-order valence-corrected chi connectivity index (χ2v) is 8.13. The van der Waals surface area contributed by atoms with Gasteiger partial charge >= 0.3 is 11.9 Å². The number of allylic oxidation sites excluding steroid dienone is 1. The van der Waals surface area contributed by atoms with Gasteiger partial charge in [0.15, 0.2) is 11.2 Å². The summed E-state index contributed by atoms with van der Waals surface area (Å²) < 4.78 is 15.7. The molecule has 0 N–H and O–H groups in total. The van der Waals surface area contributed by atoms with E-state index in [9.17, 15) is 14.4 Å². The van der Waals surface area contributed by atoms with Crippen LogP contribution in [0.1, 0.15) is 36.0 Å². The van der Waals surface area contributed by atoms with Crippen molar-refractivity contribution in [3.63, 3.8) is 0 Å². The Morgan fingerprint density at radius 3 is 2.42 bits per heavy atom. The molecular weight excluding hydrogens is 396 g/mol. The Morgan fingerprint density at radius 1 is 1.03 bits per heavy atom. The molecule has 0 bridgehead atoms. The van der Waals surface area contributed by atoms with E-state index in [2.05, 4.69) is 0 Å². The fraction of sp³-hybridized carbons (Fsp3) is 0.400. The molecule has 0 saturated heterocycles. The van der Waals surface area contributed by atoms with Gasteiger partial charge in [-0.2, -0.15) is 0 Å². The molecule has 2 fully saturated rings. The number of Topliss-reactive ketones (excluding diaryl/α,β-unsaturated/α-hetero) is 1. The molecule has 1 unspecified atom stereocenters. The highest BCUT2D eigenvalue weighted by molar-refractivity contribution is 6.07. The maximum atomic E-state index is 12.7. The number of carbonyl (C=O) groups excluding carboxylic acids is 3. The number of ketones is 1. The molecule has 31 heavy (non-hydrogen) atoms. The van der Waals surface area contributed by atoms with Crippen LogP contribution in [0, 0.1) is 17.3 Å². The number of hydrogen-bond acceptors (Lipinski definition) is 6. The van der Waals surface area contributed by atoms with E-state index in [0.29, 0.717) is 30.8 Å². The van der Waals surface area contributed by atoms with Gasteiger partial charge in [-0.05, 0) is 37.1 Å². The molecule has 1 atom stereocenters. The van der Waals surface area contributed by atoms with Gasteiger partial charge in [0, 0.05) is 17.2 Å². The zero-order chi connectivity index (χ0) is 22.0. The lowest BCUT2D eigenvalue weighted by molar-refractivity contribution is -0.161. The number of carbonyl (C=O) groups is 3. The van der Waals surface area contributed by atoms with E-state index in [-0.39, 0.29) is 17.6 Å². The van der Waals surface area contributed by atoms with Crippen LogP contribution in [0.15, 0.2) is 48.6 Å². The Balaban J connectivity index is 1.43. The highest BCUT2D eigenvalue weighted by atomic mass is 16.5. The fourth-order valence-corrected chi connectivity index (χ4v) is 4.08. The maximum Gasteiger partial charge on any atom is 0.323 e. The SMILES string of the molecule is COC(=O)C1(C(=O)OC)CC1/C=C/CCOc1c(C(=O)C2CC2)ccc2ccccc12. The standard InChI is InChI=1S/C25H26O6/c1-29-23(27)25(24(28)30-2)15-18(25)8-5-6-14-31-22-19-9-4-3-7-16(19)12-13-20(22)21(26)17-10-11-17/h3-5,7-9,12-13,17-18H,6,10-11,14-15H2,1-2H3/b8-5+. The van der Waals surface area contributed by atoms with Crippen LogP contribution in [-0.2, 0) is 19.1 Å². The van der Waals surface area contributed by atoms with E-state index in [4.69, 9.17) is 14.2 Å². The predicted molar refractivity (Wildman–Crippen MR) is 115 cm³/mol. The molecule has 162 valence electrons. The van der Waals surface area contributed by atoms with Crippen LogP contribution < -0.4 is 4.74 Å². The van der Waals surface area contributed by atoms with Crippen molar-refractivity contribution >= 4 is 28.5 Å². The second kappa shape index (κ2) is 8.53. The number of esters is 2. The Morgan fingerprint density at radius 2 is 1.74 bits per heavy atom. The molecule has 2 aliphatic carbocycles. The lowest BCUT2D eigenvalue weighted by Crippen LogP contribution is -2.30. The second-order valence-electron chi connectivity index (χ2n) is 8.13. The number of methoxy groups -OCH3 is 2. The molecule has 0 aliphatic heterocycles. The van der Waals surface area contributed by atoms with Gasteiger partial charge in [-0.15, -0.1) is 0 Å². The van der Waals surface area contributed by atoms with Crippen molar-refractivity contribution in [2.24, 2.45) is 17.3 Å². The highest BCUT2D eigenvalue weighted by Crippen LogP contribution is 2.55. The summed E-state index contributed by atoms with van der Waals surface area (Å²) in [6, 6.07) is 11.7. The minimum Gasteiger partial charge on any atom is -0.492 e.